The number of halogens is 1. The molecule has 68 valence electrons. The lowest BCUT2D eigenvalue weighted by Gasteiger charge is -1.92. The van der Waals surface area contributed by atoms with Crippen LogP contribution in [0.1, 0.15) is 5.56 Å². The second-order valence-electron chi connectivity index (χ2n) is 2.90. The van der Waals surface area contributed by atoms with Crippen LogP contribution < -0.4 is 0 Å². The number of rotatable bonds is 1. The van der Waals surface area contributed by atoms with Gasteiger partial charge in [-0.1, -0.05) is 22.0 Å². The molecule has 1 aromatic heterocycles. The highest BCUT2D eigenvalue weighted by Crippen LogP contribution is 2.22. The minimum atomic E-state index is 1.04. The lowest BCUT2D eigenvalue weighted by atomic mass is 10.2. The van der Waals surface area contributed by atoms with Crippen molar-refractivity contribution in [3.63, 3.8) is 0 Å². The van der Waals surface area contributed by atoms with Crippen molar-refractivity contribution in [2.24, 2.45) is 0 Å². The predicted octanol–water partition coefficient (Wildman–Crippen LogP) is 3.47. The van der Waals surface area contributed by atoms with Crippen LogP contribution in [-0.2, 0) is 0 Å². The number of hydrogen-bond acceptors (Lipinski definition) is 1. The molecule has 0 spiro atoms. The second-order valence-corrected chi connectivity index (χ2v) is 3.81. The molecule has 0 amide bonds. The zero-order valence-electron chi connectivity index (χ0n) is 7.29. The number of nitriles is 1. The van der Waals surface area contributed by atoms with Crippen molar-refractivity contribution in [3.8, 4) is 6.07 Å². The fourth-order valence-corrected chi connectivity index (χ4v) is 1.75. The van der Waals surface area contributed by atoms with Gasteiger partial charge < -0.3 is 4.98 Å². The summed E-state index contributed by atoms with van der Waals surface area (Å²) in [6.45, 7) is 0. The van der Waals surface area contributed by atoms with E-state index in [0.717, 1.165) is 20.9 Å². The highest BCUT2D eigenvalue weighted by molar-refractivity contribution is 9.10. The molecule has 3 heteroatoms. The molecule has 0 aliphatic heterocycles. The van der Waals surface area contributed by atoms with E-state index in [-0.39, 0.29) is 0 Å². The monoisotopic (exact) mass is 246 g/mol. The van der Waals surface area contributed by atoms with Gasteiger partial charge in [0.05, 0.1) is 6.07 Å². The van der Waals surface area contributed by atoms with Crippen molar-refractivity contribution in [1.82, 2.24) is 4.98 Å². The van der Waals surface area contributed by atoms with Crippen LogP contribution in [0.5, 0.6) is 0 Å². The van der Waals surface area contributed by atoms with Crippen LogP contribution in [0.3, 0.4) is 0 Å². The van der Waals surface area contributed by atoms with Crippen LogP contribution in [-0.4, -0.2) is 4.98 Å². The van der Waals surface area contributed by atoms with Crippen molar-refractivity contribution in [2.45, 2.75) is 0 Å². The molecule has 2 nitrogen and oxygen atoms in total. The summed E-state index contributed by atoms with van der Waals surface area (Å²) < 4.78 is 1.04. The number of allylic oxidation sites excluding steroid dienone is 1. The molecule has 0 atom stereocenters. The third-order valence-electron chi connectivity index (χ3n) is 2.01. The van der Waals surface area contributed by atoms with E-state index in [0.29, 0.717) is 0 Å². The van der Waals surface area contributed by atoms with Gasteiger partial charge in [-0.15, -0.1) is 0 Å². The average Bonchev–Trinajstić information content (AvgIpc) is 2.57. The summed E-state index contributed by atoms with van der Waals surface area (Å²) in [5.74, 6) is 0. The number of fused-ring (bicyclic) bond motifs is 1. The molecule has 0 saturated carbocycles. The summed E-state index contributed by atoms with van der Waals surface area (Å²) in [6.07, 6.45) is 5.17. The Bertz CT molecular complexity index is 532. The molecular weight excluding hydrogens is 240 g/mol. The Labute approximate surface area is 90.0 Å². The van der Waals surface area contributed by atoms with E-state index in [1.165, 1.54) is 6.08 Å². The van der Waals surface area contributed by atoms with Crippen LogP contribution in [0, 0.1) is 11.3 Å². The van der Waals surface area contributed by atoms with Crippen LogP contribution in [0.25, 0.3) is 17.0 Å². The van der Waals surface area contributed by atoms with Crippen molar-refractivity contribution >= 4 is 32.9 Å². The molecule has 0 radical (unpaired) electrons. The van der Waals surface area contributed by atoms with Gasteiger partial charge >= 0.3 is 0 Å². The van der Waals surface area contributed by atoms with Gasteiger partial charge in [-0.05, 0) is 18.2 Å². The Kier molecular flexibility index (Phi) is 2.38. The maximum Gasteiger partial charge on any atom is 0.0912 e. The van der Waals surface area contributed by atoms with Crippen LogP contribution in [0.15, 0.2) is 34.9 Å². The Morgan fingerprint density at radius 2 is 2.29 bits per heavy atom. The minimum Gasteiger partial charge on any atom is -0.361 e. The maximum absolute atomic E-state index is 8.43. The van der Waals surface area contributed by atoms with Gasteiger partial charge in [-0.25, -0.2) is 0 Å². The van der Waals surface area contributed by atoms with Gasteiger partial charge in [0.1, 0.15) is 0 Å². The van der Waals surface area contributed by atoms with Crippen LogP contribution >= 0.6 is 15.9 Å². The van der Waals surface area contributed by atoms with E-state index in [2.05, 4.69) is 20.9 Å². The van der Waals surface area contributed by atoms with Crippen molar-refractivity contribution in [1.29, 1.82) is 5.26 Å². The number of H-pyrrole nitrogens is 1. The molecule has 0 bridgehead atoms. The predicted molar refractivity (Wildman–Crippen MR) is 60.6 cm³/mol. The molecule has 14 heavy (non-hydrogen) atoms. The molecule has 0 saturated heterocycles. The molecule has 0 unspecified atom stereocenters. The SMILES string of the molecule is N#C/C=C/c1c[nH]c2cc(Br)ccc12. The van der Waals surface area contributed by atoms with Crippen molar-refractivity contribution in [2.75, 3.05) is 0 Å². The Morgan fingerprint density at radius 3 is 3.07 bits per heavy atom. The average molecular weight is 247 g/mol. The normalized spacial score (nSPS) is 10.9. The lowest BCUT2D eigenvalue weighted by molar-refractivity contribution is 1.47. The number of aromatic amines is 1. The third-order valence-corrected chi connectivity index (χ3v) is 2.51. The summed E-state index contributed by atoms with van der Waals surface area (Å²) >= 11 is 3.40. The van der Waals surface area contributed by atoms with Crippen LogP contribution in [0.4, 0.5) is 0 Å². The zero-order chi connectivity index (χ0) is 9.97. The fourth-order valence-electron chi connectivity index (χ4n) is 1.39. The number of nitrogens with zero attached hydrogens (tertiary/aromatic N) is 1. The fraction of sp³-hybridized carbons (Fsp3) is 0. The maximum atomic E-state index is 8.43. The van der Waals surface area contributed by atoms with E-state index in [4.69, 9.17) is 5.26 Å². The van der Waals surface area contributed by atoms with Crippen molar-refractivity contribution < 1.29 is 0 Å². The Morgan fingerprint density at radius 1 is 1.43 bits per heavy atom. The summed E-state index contributed by atoms with van der Waals surface area (Å²) in [5.41, 5.74) is 2.10. The smallest absolute Gasteiger partial charge is 0.0912 e. The number of benzene rings is 1. The highest BCUT2D eigenvalue weighted by Gasteiger charge is 2.00. The second kappa shape index (κ2) is 3.69. The van der Waals surface area contributed by atoms with E-state index in [9.17, 15) is 0 Å². The largest absolute Gasteiger partial charge is 0.361 e. The Hall–Kier alpha value is -1.53. The van der Waals surface area contributed by atoms with E-state index < -0.39 is 0 Å². The van der Waals surface area contributed by atoms with Crippen molar-refractivity contribution in [3.05, 3.63) is 40.5 Å². The first-order valence-electron chi connectivity index (χ1n) is 4.14. The van der Waals surface area contributed by atoms with E-state index in [1.54, 1.807) is 6.08 Å². The quantitative estimate of drug-likeness (QED) is 0.770. The van der Waals surface area contributed by atoms with E-state index >= 15 is 0 Å². The number of hydrogen-bond donors (Lipinski definition) is 1. The van der Waals surface area contributed by atoms with Crippen LogP contribution in [0.2, 0.25) is 0 Å². The summed E-state index contributed by atoms with van der Waals surface area (Å²) in [5, 5.41) is 9.55. The molecule has 0 aliphatic carbocycles. The van der Waals surface area contributed by atoms with Gasteiger partial charge in [0.2, 0.25) is 0 Å². The first-order chi connectivity index (χ1) is 6.81. The standard InChI is InChI=1S/C11H7BrN2/c12-9-3-4-10-8(2-1-5-13)7-14-11(10)6-9/h1-4,6-7,14H/b2-1+. The third kappa shape index (κ3) is 1.57. The molecule has 1 aromatic carbocycles. The summed E-state index contributed by atoms with van der Waals surface area (Å²) in [6, 6.07) is 8.00. The van der Waals surface area contributed by atoms with Gasteiger partial charge in [0.25, 0.3) is 0 Å². The van der Waals surface area contributed by atoms with Gasteiger partial charge in [-0.2, -0.15) is 5.26 Å². The van der Waals surface area contributed by atoms with E-state index in [1.807, 2.05) is 30.5 Å². The first-order valence-corrected chi connectivity index (χ1v) is 4.93. The first kappa shape index (κ1) is 9.04. The van der Waals surface area contributed by atoms with Gasteiger partial charge in [0.15, 0.2) is 0 Å². The number of nitrogens with one attached hydrogen (secondary N) is 1. The molecule has 0 aliphatic rings. The summed E-state index contributed by atoms with van der Waals surface area (Å²) in [7, 11) is 0. The van der Waals surface area contributed by atoms with Gasteiger partial charge in [-0.3, -0.25) is 0 Å². The topological polar surface area (TPSA) is 39.6 Å². The molecule has 2 aromatic rings. The highest BCUT2D eigenvalue weighted by atomic mass is 79.9. The molecule has 0 fully saturated rings. The zero-order valence-corrected chi connectivity index (χ0v) is 8.88. The number of aromatic nitrogens is 1. The molecule has 2 rings (SSSR count). The van der Waals surface area contributed by atoms with Gasteiger partial charge in [0, 0.05) is 33.2 Å². The lowest BCUT2D eigenvalue weighted by Crippen LogP contribution is -1.69. The molecule has 1 N–H and O–H groups in total. The summed E-state index contributed by atoms with van der Waals surface area (Å²) in [4.78, 5) is 3.15. The molecular formula is C11H7BrN2. The minimum absolute atomic E-state index is 1.04. The molecule has 1 heterocycles. The Balaban J connectivity index is 2.59.